The van der Waals surface area contributed by atoms with E-state index in [4.69, 9.17) is 9.47 Å². The highest BCUT2D eigenvalue weighted by molar-refractivity contribution is 5.95. The average Bonchev–Trinajstić information content (AvgIpc) is 2.69. The highest BCUT2D eigenvalue weighted by atomic mass is 16.5. The van der Waals surface area contributed by atoms with Gasteiger partial charge in [-0.2, -0.15) is 0 Å². The lowest BCUT2D eigenvalue weighted by molar-refractivity contribution is -0.122. The SMILES string of the molecule is COc1ccccc1NC(=O)[C@H](C)Oc1ccc(-c2ccccc2)cc1. The molecule has 132 valence electrons. The molecule has 0 spiro atoms. The average molecular weight is 347 g/mol. The largest absolute Gasteiger partial charge is 0.495 e. The second-order valence-corrected chi connectivity index (χ2v) is 5.84. The summed E-state index contributed by atoms with van der Waals surface area (Å²) in [5.74, 6) is 1.02. The Kier molecular flexibility index (Phi) is 5.54. The number of amides is 1. The zero-order chi connectivity index (χ0) is 18.4. The number of rotatable bonds is 6. The molecule has 4 heteroatoms. The van der Waals surface area contributed by atoms with E-state index in [0.717, 1.165) is 11.1 Å². The number of benzene rings is 3. The Morgan fingerprint density at radius 3 is 2.15 bits per heavy atom. The summed E-state index contributed by atoms with van der Waals surface area (Å²) in [6, 6.07) is 25.1. The number of ether oxygens (including phenoxy) is 2. The Morgan fingerprint density at radius 1 is 0.846 bits per heavy atom. The minimum atomic E-state index is -0.637. The van der Waals surface area contributed by atoms with E-state index in [-0.39, 0.29) is 5.91 Å². The monoisotopic (exact) mass is 347 g/mol. The number of anilines is 1. The van der Waals surface area contributed by atoms with Crippen molar-refractivity contribution in [1.29, 1.82) is 0 Å². The van der Waals surface area contributed by atoms with Gasteiger partial charge in [0.15, 0.2) is 6.10 Å². The van der Waals surface area contributed by atoms with Gasteiger partial charge in [-0.15, -0.1) is 0 Å². The lowest BCUT2D eigenvalue weighted by Crippen LogP contribution is -2.30. The second kappa shape index (κ2) is 8.21. The maximum Gasteiger partial charge on any atom is 0.265 e. The first-order valence-electron chi connectivity index (χ1n) is 8.43. The van der Waals surface area contributed by atoms with Gasteiger partial charge in [0, 0.05) is 0 Å². The molecule has 0 radical (unpaired) electrons. The molecule has 0 fully saturated rings. The van der Waals surface area contributed by atoms with Crippen LogP contribution in [0.2, 0.25) is 0 Å². The summed E-state index contributed by atoms with van der Waals surface area (Å²) in [5.41, 5.74) is 2.86. The van der Waals surface area contributed by atoms with Crippen LogP contribution in [0.1, 0.15) is 6.92 Å². The molecule has 1 N–H and O–H groups in total. The van der Waals surface area contributed by atoms with Crippen LogP contribution < -0.4 is 14.8 Å². The fourth-order valence-electron chi connectivity index (χ4n) is 2.60. The normalized spacial score (nSPS) is 11.5. The van der Waals surface area contributed by atoms with Crippen LogP contribution >= 0.6 is 0 Å². The molecule has 1 atom stereocenters. The van der Waals surface area contributed by atoms with Crippen LogP contribution in [0.3, 0.4) is 0 Å². The molecule has 0 unspecified atom stereocenters. The number of para-hydroxylation sites is 2. The molecule has 1 amide bonds. The van der Waals surface area contributed by atoms with E-state index in [1.54, 1.807) is 26.2 Å². The maximum atomic E-state index is 12.4. The third-order valence-corrected chi connectivity index (χ3v) is 4.01. The Bertz CT molecular complexity index is 860. The van der Waals surface area contributed by atoms with E-state index in [1.807, 2.05) is 54.6 Å². The van der Waals surface area contributed by atoms with Crippen LogP contribution in [0.15, 0.2) is 78.9 Å². The van der Waals surface area contributed by atoms with Gasteiger partial charge in [-0.25, -0.2) is 0 Å². The number of carbonyl (C=O) groups excluding carboxylic acids is 1. The van der Waals surface area contributed by atoms with Crippen molar-refractivity contribution < 1.29 is 14.3 Å². The highest BCUT2D eigenvalue weighted by Crippen LogP contribution is 2.25. The van der Waals surface area contributed by atoms with E-state index in [9.17, 15) is 4.79 Å². The van der Waals surface area contributed by atoms with Crippen LogP contribution in [0.25, 0.3) is 11.1 Å². The van der Waals surface area contributed by atoms with Gasteiger partial charge in [-0.05, 0) is 42.3 Å². The van der Waals surface area contributed by atoms with Crippen LogP contribution in [0.4, 0.5) is 5.69 Å². The lowest BCUT2D eigenvalue weighted by atomic mass is 10.1. The van der Waals surface area contributed by atoms with E-state index in [1.165, 1.54) is 0 Å². The molecule has 0 aliphatic rings. The second-order valence-electron chi connectivity index (χ2n) is 5.84. The molecule has 4 nitrogen and oxygen atoms in total. The number of hydrogen-bond acceptors (Lipinski definition) is 3. The molecule has 3 aromatic rings. The van der Waals surface area contributed by atoms with E-state index in [2.05, 4.69) is 17.4 Å². The molecular formula is C22H21NO3. The summed E-state index contributed by atoms with van der Waals surface area (Å²) < 4.78 is 11.0. The van der Waals surface area contributed by atoms with Crippen molar-refractivity contribution in [2.45, 2.75) is 13.0 Å². The Balaban J connectivity index is 1.64. The molecule has 3 aromatic carbocycles. The quantitative estimate of drug-likeness (QED) is 0.699. The van der Waals surface area contributed by atoms with Gasteiger partial charge in [0.1, 0.15) is 11.5 Å². The Morgan fingerprint density at radius 2 is 1.46 bits per heavy atom. The number of hydrogen-bond donors (Lipinski definition) is 1. The van der Waals surface area contributed by atoms with Crippen molar-refractivity contribution in [3.63, 3.8) is 0 Å². The molecule has 0 aromatic heterocycles. The van der Waals surface area contributed by atoms with Gasteiger partial charge in [0.05, 0.1) is 12.8 Å². The number of methoxy groups -OCH3 is 1. The molecule has 26 heavy (non-hydrogen) atoms. The molecule has 0 aliphatic heterocycles. The van der Waals surface area contributed by atoms with Crippen molar-refractivity contribution >= 4 is 11.6 Å². The molecule has 0 saturated carbocycles. The molecule has 0 bridgehead atoms. The van der Waals surface area contributed by atoms with Crippen molar-refractivity contribution in [3.8, 4) is 22.6 Å². The van der Waals surface area contributed by atoms with Gasteiger partial charge < -0.3 is 14.8 Å². The molecule has 0 aliphatic carbocycles. The van der Waals surface area contributed by atoms with Crippen LogP contribution in [-0.4, -0.2) is 19.1 Å². The van der Waals surface area contributed by atoms with Gasteiger partial charge in [-0.1, -0.05) is 54.6 Å². The van der Waals surface area contributed by atoms with Gasteiger partial charge in [0.2, 0.25) is 0 Å². The smallest absolute Gasteiger partial charge is 0.265 e. The molecular weight excluding hydrogens is 326 g/mol. The van der Waals surface area contributed by atoms with Crippen molar-refractivity contribution in [1.82, 2.24) is 0 Å². The maximum absolute atomic E-state index is 12.4. The minimum Gasteiger partial charge on any atom is -0.495 e. The minimum absolute atomic E-state index is 0.235. The van der Waals surface area contributed by atoms with E-state index in [0.29, 0.717) is 17.2 Å². The first-order valence-corrected chi connectivity index (χ1v) is 8.43. The van der Waals surface area contributed by atoms with Crippen LogP contribution in [0, 0.1) is 0 Å². The van der Waals surface area contributed by atoms with Gasteiger partial charge in [-0.3, -0.25) is 4.79 Å². The summed E-state index contributed by atoms with van der Waals surface area (Å²) in [7, 11) is 1.57. The van der Waals surface area contributed by atoms with Crippen molar-refractivity contribution in [2.24, 2.45) is 0 Å². The lowest BCUT2D eigenvalue weighted by Gasteiger charge is -2.16. The summed E-state index contributed by atoms with van der Waals surface area (Å²) in [6.07, 6.45) is -0.637. The third-order valence-electron chi connectivity index (χ3n) is 4.01. The number of carbonyl (C=O) groups is 1. The van der Waals surface area contributed by atoms with E-state index < -0.39 is 6.10 Å². The summed E-state index contributed by atoms with van der Waals surface area (Å²) >= 11 is 0. The highest BCUT2D eigenvalue weighted by Gasteiger charge is 2.16. The topological polar surface area (TPSA) is 47.6 Å². The third kappa shape index (κ3) is 4.22. The predicted molar refractivity (Wildman–Crippen MR) is 104 cm³/mol. The zero-order valence-corrected chi connectivity index (χ0v) is 14.8. The standard InChI is InChI=1S/C22H21NO3/c1-16(22(24)23-20-10-6-7-11-21(20)25-2)26-19-14-12-18(13-15-19)17-8-4-3-5-9-17/h3-16H,1-2H3,(H,23,24)/t16-/m0/s1. The summed E-state index contributed by atoms with van der Waals surface area (Å²) in [6.45, 7) is 1.72. The van der Waals surface area contributed by atoms with E-state index >= 15 is 0 Å². The predicted octanol–water partition coefficient (Wildman–Crippen LogP) is 4.77. The van der Waals surface area contributed by atoms with Crippen molar-refractivity contribution in [3.05, 3.63) is 78.9 Å². The first-order chi connectivity index (χ1) is 12.7. The van der Waals surface area contributed by atoms with Gasteiger partial charge in [0.25, 0.3) is 5.91 Å². The first kappa shape index (κ1) is 17.5. The summed E-state index contributed by atoms with van der Waals surface area (Å²) in [4.78, 5) is 12.4. The molecule has 0 saturated heterocycles. The fourth-order valence-corrected chi connectivity index (χ4v) is 2.60. The van der Waals surface area contributed by atoms with Gasteiger partial charge >= 0.3 is 0 Å². The fraction of sp³-hybridized carbons (Fsp3) is 0.136. The Hall–Kier alpha value is -3.27. The molecule has 3 rings (SSSR count). The summed E-state index contributed by atoms with van der Waals surface area (Å²) in [5, 5.41) is 2.83. The molecule has 0 heterocycles. The zero-order valence-electron chi connectivity index (χ0n) is 14.8. The van der Waals surface area contributed by atoms with Crippen LogP contribution in [0.5, 0.6) is 11.5 Å². The number of nitrogens with one attached hydrogen (secondary N) is 1. The Labute approximate surface area is 153 Å². The van der Waals surface area contributed by atoms with Crippen molar-refractivity contribution in [2.75, 3.05) is 12.4 Å². The van der Waals surface area contributed by atoms with Crippen LogP contribution in [-0.2, 0) is 4.79 Å².